The highest BCUT2D eigenvalue weighted by atomic mass is 35.5. The maximum absolute atomic E-state index is 13.1. The lowest BCUT2D eigenvalue weighted by Gasteiger charge is -2.25. The molecule has 1 heterocycles. The van der Waals surface area contributed by atoms with Gasteiger partial charge < -0.3 is 9.64 Å². The van der Waals surface area contributed by atoms with Crippen molar-refractivity contribution in [2.24, 2.45) is 5.10 Å². The molecule has 1 N–H and O–H groups in total. The van der Waals surface area contributed by atoms with Crippen LogP contribution in [0.15, 0.2) is 23.3 Å². The molecule has 0 bridgehead atoms. The molecule has 2 aromatic rings. The van der Waals surface area contributed by atoms with Crippen molar-refractivity contribution in [2.75, 3.05) is 23.4 Å². The Kier molecular flexibility index (Phi) is 12.1. The summed E-state index contributed by atoms with van der Waals surface area (Å²) in [6, 6.07) is 3.44. The molecule has 0 aliphatic carbocycles. The van der Waals surface area contributed by atoms with Crippen molar-refractivity contribution < 1.29 is 31.1 Å². The first-order chi connectivity index (χ1) is 17.8. The number of rotatable bonds is 14. The Morgan fingerprint density at radius 1 is 0.947 bits per heavy atom. The summed E-state index contributed by atoms with van der Waals surface area (Å²) < 4.78 is 83.1. The summed E-state index contributed by atoms with van der Waals surface area (Å²) in [7, 11) is 0. The summed E-state index contributed by atoms with van der Waals surface area (Å²) in [5.74, 6) is -0.544. The number of hydrogen-bond acceptors (Lipinski definition) is 7. The fourth-order valence-corrected chi connectivity index (χ4v) is 3.65. The zero-order valence-electron chi connectivity index (χ0n) is 20.7. The molecule has 212 valence electrons. The molecule has 7 nitrogen and oxygen atoms in total. The Labute approximate surface area is 226 Å². The normalized spacial score (nSPS) is 12.4. The summed E-state index contributed by atoms with van der Waals surface area (Å²) in [5, 5.41) is 4.55. The first-order valence-corrected chi connectivity index (χ1v) is 12.7. The molecular formula is C23H28Cl2F6N6O. The van der Waals surface area contributed by atoms with Crippen molar-refractivity contribution >= 4 is 41.3 Å². The average molecular weight is 589 g/mol. The molecule has 0 amide bonds. The molecule has 0 saturated heterocycles. The van der Waals surface area contributed by atoms with Gasteiger partial charge in [0.2, 0.25) is 5.95 Å². The van der Waals surface area contributed by atoms with E-state index in [9.17, 15) is 26.3 Å². The van der Waals surface area contributed by atoms with Gasteiger partial charge in [0, 0.05) is 23.7 Å². The van der Waals surface area contributed by atoms with E-state index in [-0.39, 0.29) is 11.0 Å². The minimum atomic E-state index is -5.75. The summed E-state index contributed by atoms with van der Waals surface area (Å²) in [5.41, 5.74) is 2.84. The number of hydrogen-bond donors (Lipinski definition) is 1. The fraction of sp³-hybridized carbons (Fsp3) is 0.565. The lowest BCUT2D eigenvalue weighted by molar-refractivity contribution is -0.301. The molecule has 0 aliphatic heterocycles. The average Bonchev–Trinajstić information content (AvgIpc) is 2.81. The first kappa shape index (κ1) is 31.7. The van der Waals surface area contributed by atoms with Crippen LogP contribution in [0.2, 0.25) is 10.0 Å². The maximum atomic E-state index is 13.1. The summed E-state index contributed by atoms with van der Waals surface area (Å²) in [6.07, 6.45) is -9.39. The van der Waals surface area contributed by atoms with E-state index in [4.69, 9.17) is 23.2 Å². The van der Waals surface area contributed by atoms with Gasteiger partial charge in [-0.25, -0.2) is 5.43 Å². The topological polar surface area (TPSA) is 75.5 Å². The molecule has 1 aromatic carbocycles. The van der Waals surface area contributed by atoms with Crippen LogP contribution >= 0.6 is 23.2 Å². The van der Waals surface area contributed by atoms with E-state index in [2.05, 4.69) is 30.2 Å². The summed E-state index contributed by atoms with van der Waals surface area (Å²) in [4.78, 5) is 13.2. The zero-order chi connectivity index (χ0) is 28.3. The second-order valence-electron chi connectivity index (χ2n) is 8.26. The maximum Gasteiger partial charge on any atom is 0.434 e. The summed E-state index contributed by atoms with van der Waals surface area (Å²) >= 11 is 11.9. The standard InChI is InChI=1S/C23H28Cl2F6N6O/c1-3-5-7-11-37(12-8-6-4-2)20-33-19(36-32-14-15-9-10-16(24)13-17(15)25)34-21(35-20)38-18(22(26,27)28)23(29,30)31/h9-10,13-14,18H,3-8,11-12H2,1-2H3,(H,33,34,35,36)/b32-14-. The third-order valence-corrected chi connectivity index (χ3v) is 5.66. The van der Waals surface area contributed by atoms with E-state index in [1.165, 1.54) is 12.3 Å². The Morgan fingerprint density at radius 3 is 2.08 bits per heavy atom. The third kappa shape index (κ3) is 10.3. The number of nitrogens with one attached hydrogen (secondary N) is 1. The second kappa shape index (κ2) is 14.6. The minimum Gasteiger partial charge on any atom is -0.440 e. The van der Waals surface area contributed by atoms with Crippen LogP contribution in [0.5, 0.6) is 6.01 Å². The number of hydrazone groups is 1. The Hall–Kier alpha value is -2.54. The quantitative estimate of drug-likeness (QED) is 0.105. The lowest BCUT2D eigenvalue weighted by Crippen LogP contribution is -2.47. The molecule has 0 spiro atoms. The van der Waals surface area contributed by atoms with Crippen molar-refractivity contribution in [1.82, 2.24) is 15.0 Å². The number of halogens is 8. The van der Waals surface area contributed by atoms with Crippen molar-refractivity contribution in [3.8, 4) is 6.01 Å². The molecule has 0 aliphatic rings. The molecule has 38 heavy (non-hydrogen) atoms. The SMILES string of the molecule is CCCCCN(CCCCC)c1nc(N/N=C\c2ccc(Cl)cc2Cl)nc(OC(C(F)(F)F)C(F)(F)F)n1. The monoisotopic (exact) mass is 588 g/mol. The third-order valence-electron chi connectivity index (χ3n) is 5.10. The van der Waals surface area contributed by atoms with Gasteiger partial charge in [-0.2, -0.15) is 46.4 Å². The Balaban J connectivity index is 2.44. The van der Waals surface area contributed by atoms with Crippen molar-refractivity contribution in [3.63, 3.8) is 0 Å². The van der Waals surface area contributed by atoms with Crippen LogP contribution < -0.4 is 15.1 Å². The van der Waals surface area contributed by atoms with Crippen LogP contribution in [0.1, 0.15) is 57.9 Å². The van der Waals surface area contributed by atoms with E-state index in [1.807, 2.05) is 13.8 Å². The number of anilines is 2. The Morgan fingerprint density at radius 2 is 1.55 bits per heavy atom. The molecule has 15 heteroatoms. The van der Waals surface area contributed by atoms with Crippen LogP contribution in [-0.4, -0.2) is 52.7 Å². The van der Waals surface area contributed by atoms with Gasteiger partial charge in [0.05, 0.1) is 11.2 Å². The van der Waals surface area contributed by atoms with Crippen molar-refractivity contribution in [3.05, 3.63) is 33.8 Å². The first-order valence-electron chi connectivity index (χ1n) is 11.9. The van der Waals surface area contributed by atoms with E-state index in [0.717, 1.165) is 25.7 Å². The number of alkyl halides is 6. The zero-order valence-corrected chi connectivity index (χ0v) is 22.2. The largest absolute Gasteiger partial charge is 0.440 e. The van der Waals surface area contributed by atoms with Gasteiger partial charge in [0.1, 0.15) is 0 Å². The van der Waals surface area contributed by atoms with Crippen LogP contribution in [0.3, 0.4) is 0 Å². The number of ether oxygens (including phenoxy) is 1. The highest BCUT2D eigenvalue weighted by Crippen LogP contribution is 2.36. The number of unbranched alkanes of at least 4 members (excludes halogenated alkanes) is 4. The van der Waals surface area contributed by atoms with Gasteiger partial charge in [-0.15, -0.1) is 0 Å². The predicted molar refractivity (Wildman–Crippen MR) is 135 cm³/mol. The van der Waals surface area contributed by atoms with E-state index in [0.29, 0.717) is 36.5 Å². The second-order valence-corrected chi connectivity index (χ2v) is 9.10. The van der Waals surface area contributed by atoms with Crippen LogP contribution in [0.25, 0.3) is 0 Å². The van der Waals surface area contributed by atoms with E-state index >= 15 is 0 Å². The minimum absolute atomic E-state index is 0.132. The number of benzene rings is 1. The molecule has 2 rings (SSSR count). The number of nitrogens with zero attached hydrogens (tertiary/aromatic N) is 5. The predicted octanol–water partition coefficient (Wildman–Crippen LogP) is 7.68. The number of aromatic nitrogens is 3. The molecule has 1 aromatic heterocycles. The van der Waals surface area contributed by atoms with Crippen LogP contribution in [-0.2, 0) is 0 Å². The highest BCUT2D eigenvalue weighted by molar-refractivity contribution is 6.36. The van der Waals surface area contributed by atoms with Gasteiger partial charge in [-0.1, -0.05) is 68.8 Å². The van der Waals surface area contributed by atoms with Gasteiger partial charge in [0.15, 0.2) is 0 Å². The van der Waals surface area contributed by atoms with E-state index in [1.54, 1.807) is 17.0 Å². The molecule has 0 saturated carbocycles. The van der Waals surface area contributed by atoms with Gasteiger partial charge in [-0.05, 0) is 25.0 Å². The molecule has 0 radical (unpaired) electrons. The fourth-order valence-electron chi connectivity index (χ4n) is 3.20. The molecule has 0 unspecified atom stereocenters. The Bertz CT molecular complexity index is 1030. The molecular weight excluding hydrogens is 561 g/mol. The molecule has 0 atom stereocenters. The highest BCUT2D eigenvalue weighted by Gasteiger charge is 2.59. The summed E-state index contributed by atoms with van der Waals surface area (Å²) in [6.45, 7) is 4.87. The van der Waals surface area contributed by atoms with Crippen molar-refractivity contribution in [2.45, 2.75) is 70.8 Å². The molecule has 0 fully saturated rings. The smallest absolute Gasteiger partial charge is 0.434 e. The van der Waals surface area contributed by atoms with Crippen LogP contribution in [0.4, 0.5) is 38.2 Å². The van der Waals surface area contributed by atoms with Gasteiger partial charge >= 0.3 is 18.4 Å². The van der Waals surface area contributed by atoms with Crippen LogP contribution in [0, 0.1) is 0 Å². The van der Waals surface area contributed by atoms with E-state index < -0.39 is 30.4 Å². The lowest BCUT2D eigenvalue weighted by atomic mass is 10.2. The van der Waals surface area contributed by atoms with Gasteiger partial charge in [-0.3, -0.25) is 0 Å². The van der Waals surface area contributed by atoms with Crippen molar-refractivity contribution in [1.29, 1.82) is 0 Å². The van der Waals surface area contributed by atoms with Gasteiger partial charge in [0.25, 0.3) is 12.1 Å².